The van der Waals surface area contributed by atoms with Crippen LogP contribution in [0.4, 0.5) is 0 Å². The lowest BCUT2D eigenvalue weighted by Gasteiger charge is -2.30. The highest BCUT2D eigenvalue weighted by atomic mass is 16.6. The first kappa shape index (κ1) is 11.7. The second-order valence-electron chi connectivity index (χ2n) is 5.01. The minimum absolute atomic E-state index is 0.131. The summed E-state index contributed by atoms with van der Waals surface area (Å²) in [4.78, 5) is 25.1. The monoisotopic (exact) mass is 252 g/mol. The molecule has 6 nitrogen and oxygen atoms in total. The van der Waals surface area contributed by atoms with Crippen LogP contribution in [0.1, 0.15) is 26.5 Å². The maximum absolute atomic E-state index is 11.8. The third-order valence-electron chi connectivity index (χ3n) is 4.20. The van der Waals surface area contributed by atoms with E-state index in [1.54, 1.807) is 0 Å². The molecule has 3 heterocycles. The first-order chi connectivity index (χ1) is 8.57. The van der Waals surface area contributed by atoms with Crippen LogP contribution in [0.25, 0.3) is 0 Å². The SMILES string of the molecule is CCC12COC(C(n3ccc(=O)[nH]c3=O)O1)C2C. The summed E-state index contributed by atoms with van der Waals surface area (Å²) < 4.78 is 13.2. The number of ether oxygens (including phenoxy) is 2. The molecule has 0 aromatic carbocycles. The van der Waals surface area contributed by atoms with Crippen molar-refractivity contribution in [3.8, 4) is 0 Å². The Kier molecular flexibility index (Phi) is 2.46. The van der Waals surface area contributed by atoms with Crippen LogP contribution in [0.15, 0.2) is 21.9 Å². The Balaban J connectivity index is 2.01. The third kappa shape index (κ3) is 1.42. The molecular weight excluding hydrogens is 236 g/mol. The van der Waals surface area contributed by atoms with E-state index in [-0.39, 0.29) is 17.6 Å². The molecule has 1 aromatic rings. The summed E-state index contributed by atoms with van der Waals surface area (Å²) in [5, 5.41) is 0. The molecule has 2 aliphatic rings. The standard InChI is InChI=1S/C12H16N2O4/c1-3-12-6-17-9(7(12)2)10(18-12)14-5-4-8(15)13-11(14)16/h4-5,7,9-10H,3,6H2,1-2H3,(H,13,15,16). The number of hydrogen-bond acceptors (Lipinski definition) is 4. The quantitative estimate of drug-likeness (QED) is 0.818. The fraction of sp³-hybridized carbons (Fsp3) is 0.667. The predicted octanol–water partition coefficient (Wildman–Crippen LogP) is 0.249. The first-order valence-corrected chi connectivity index (χ1v) is 6.18. The number of H-pyrrole nitrogens is 1. The van der Waals surface area contributed by atoms with E-state index in [9.17, 15) is 9.59 Å². The highest BCUT2D eigenvalue weighted by molar-refractivity contribution is 5.04. The Morgan fingerprint density at radius 2 is 2.33 bits per heavy atom. The summed E-state index contributed by atoms with van der Waals surface area (Å²) in [5.74, 6) is 0.242. The Labute approximate surface area is 104 Å². The van der Waals surface area contributed by atoms with Crippen LogP contribution in [0, 0.1) is 5.92 Å². The van der Waals surface area contributed by atoms with Gasteiger partial charge in [0.1, 0.15) is 6.10 Å². The minimum Gasteiger partial charge on any atom is -0.370 e. The molecule has 0 radical (unpaired) electrons. The molecule has 0 saturated carbocycles. The molecule has 0 aliphatic carbocycles. The van der Waals surface area contributed by atoms with E-state index in [4.69, 9.17) is 9.47 Å². The lowest BCUT2D eigenvalue weighted by Crippen LogP contribution is -2.40. The zero-order chi connectivity index (χ0) is 12.9. The van der Waals surface area contributed by atoms with E-state index in [2.05, 4.69) is 18.8 Å². The molecular formula is C12H16N2O4. The van der Waals surface area contributed by atoms with Gasteiger partial charge in [-0.1, -0.05) is 13.8 Å². The number of fused-ring (bicyclic) bond motifs is 2. The van der Waals surface area contributed by atoms with Gasteiger partial charge in [-0.3, -0.25) is 14.3 Å². The predicted molar refractivity (Wildman–Crippen MR) is 63.4 cm³/mol. The minimum atomic E-state index is -0.456. The first-order valence-electron chi connectivity index (χ1n) is 6.18. The second-order valence-corrected chi connectivity index (χ2v) is 5.01. The molecule has 1 aromatic heterocycles. The Morgan fingerprint density at radius 3 is 2.94 bits per heavy atom. The Hall–Kier alpha value is -1.40. The van der Waals surface area contributed by atoms with Crippen LogP contribution in [0.5, 0.6) is 0 Å². The van der Waals surface area contributed by atoms with Gasteiger partial charge in [0, 0.05) is 18.2 Å². The molecule has 2 aliphatic heterocycles. The van der Waals surface area contributed by atoms with Crippen LogP contribution < -0.4 is 11.2 Å². The molecule has 0 amide bonds. The van der Waals surface area contributed by atoms with Gasteiger partial charge in [-0.15, -0.1) is 0 Å². The number of nitrogens with zero attached hydrogens (tertiary/aromatic N) is 1. The molecule has 4 unspecified atom stereocenters. The Morgan fingerprint density at radius 1 is 1.56 bits per heavy atom. The zero-order valence-electron chi connectivity index (χ0n) is 10.4. The molecule has 98 valence electrons. The molecule has 2 bridgehead atoms. The van der Waals surface area contributed by atoms with Gasteiger partial charge in [-0.05, 0) is 6.42 Å². The average Bonchev–Trinajstić information content (AvgIpc) is 2.81. The van der Waals surface area contributed by atoms with E-state index < -0.39 is 17.5 Å². The van der Waals surface area contributed by atoms with Gasteiger partial charge >= 0.3 is 5.69 Å². The van der Waals surface area contributed by atoms with Gasteiger partial charge in [-0.25, -0.2) is 4.79 Å². The van der Waals surface area contributed by atoms with Crippen molar-refractivity contribution in [1.29, 1.82) is 0 Å². The van der Waals surface area contributed by atoms with Gasteiger partial charge < -0.3 is 9.47 Å². The molecule has 1 N–H and O–H groups in total. The van der Waals surface area contributed by atoms with Crippen LogP contribution >= 0.6 is 0 Å². The van der Waals surface area contributed by atoms with E-state index in [1.807, 2.05) is 0 Å². The summed E-state index contributed by atoms with van der Waals surface area (Å²) in [6, 6.07) is 1.32. The van der Waals surface area contributed by atoms with Gasteiger partial charge in [0.2, 0.25) is 0 Å². The van der Waals surface area contributed by atoms with Crippen LogP contribution in [0.2, 0.25) is 0 Å². The van der Waals surface area contributed by atoms with E-state index in [0.717, 1.165) is 6.42 Å². The summed E-state index contributed by atoms with van der Waals surface area (Å²) >= 11 is 0. The van der Waals surface area contributed by atoms with Crippen molar-refractivity contribution in [3.63, 3.8) is 0 Å². The fourth-order valence-electron chi connectivity index (χ4n) is 2.94. The number of hydrogen-bond donors (Lipinski definition) is 1. The highest BCUT2D eigenvalue weighted by Crippen LogP contribution is 2.49. The van der Waals surface area contributed by atoms with Gasteiger partial charge in [0.15, 0.2) is 6.23 Å². The number of nitrogens with one attached hydrogen (secondary N) is 1. The molecule has 6 heteroatoms. The topological polar surface area (TPSA) is 73.3 Å². The van der Waals surface area contributed by atoms with Gasteiger partial charge in [0.05, 0.1) is 12.2 Å². The van der Waals surface area contributed by atoms with E-state index in [0.29, 0.717) is 6.61 Å². The Bertz CT molecular complexity index is 578. The van der Waals surface area contributed by atoms with E-state index >= 15 is 0 Å². The lowest BCUT2D eigenvalue weighted by molar-refractivity contribution is -0.174. The third-order valence-corrected chi connectivity index (χ3v) is 4.20. The summed E-state index contributed by atoms with van der Waals surface area (Å²) in [6.07, 6.45) is 1.73. The van der Waals surface area contributed by atoms with Crippen LogP contribution in [-0.2, 0) is 9.47 Å². The largest absolute Gasteiger partial charge is 0.370 e. The van der Waals surface area contributed by atoms with Crippen molar-refractivity contribution in [2.45, 2.75) is 38.2 Å². The number of rotatable bonds is 2. The van der Waals surface area contributed by atoms with Gasteiger partial charge in [0.25, 0.3) is 5.56 Å². The normalized spacial score (nSPS) is 38.2. The molecule has 2 saturated heterocycles. The van der Waals surface area contributed by atoms with Gasteiger partial charge in [-0.2, -0.15) is 0 Å². The van der Waals surface area contributed by atoms with Crippen molar-refractivity contribution in [2.75, 3.05) is 6.61 Å². The maximum atomic E-state index is 11.8. The average molecular weight is 252 g/mol. The number of aromatic nitrogens is 2. The van der Waals surface area contributed by atoms with Crippen molar-refractivity contribution < 1.29 is 9.47 Å². The van der Waals surface area contributed by atoms with Crippen molar-refractivity contribution in [3.05, 3.63) is 33.1 Å². The zero-order valence-corrected chi connectivity index (χ0v) is 10.4. The summed E-state index contributed by atoms with van der Waals surface area (Å²) in [7, 11) is 0. The lowest BCUT2D eigenvalue weighted by atomic mass is 9.88. The van der Waals surface area contributed by atoms with Crippen molar-refractivity contribution in [1.82, 2.24) is 9.55 Å². The summed E-state index contributed by atoms with van der Waals surface area (Å²) in [5.41, 5.74) is -1.16. The van der Waals surface area contributed by atoms with Crippen molar-refractivity contribution in [2.24, 2.45) is 5.92 Å². The number of aromatic amines is 1. The summed E-state index contributed by atoms with van der Waals surface area (Å²) in [6.45, 7) is 4.71. The smallest absolute Gasteiger partial charge is 0.330 e. The molecule has 3 rings (SSSR count). The maximum Gasteiger partial charge on any atom is 0.330 e. The fourth-order valence-corrected chi connectivity index (χ4v) is 2.94. The molecule has 18 heavy (non-hydrogen) atoms. The molecule has 2 fully saturated rings. The molecule has 0 spiro atoms. The van der Waals surface area contributed by atoms with E-state index in [1.165, 1.54) is 16.8 Å². The van der Waals surface area contributed by atoms with Crippen LogP contribution in [0.3, 0.4) is 0 Å². The van der Waals surface area contributed by atoms with Crippen LogP contribution in [-0.4, -0.2) is 27.9 Å². The highest BCUT2D eigenvalue weighted by Gasteiger charge is 2.58. The van der Waals surface area contributed by atoms with Crippen molar-refractivity contribution >= 4 is 0 Å². The second kappa shape index (κ2) is 3.80. The molecule has 4 atom stereocenters.